The third-order valence-corrected chi connectivity index (χ3v) is 5.37. The molecule has 0 amide bonds. The number of aromatic nitrogens is 1. The summed E-state index contributed by atoms with van der Waals surface area (Å²) in [5.74, 6) is 0.643. The van der Waals surface area contributed by atoms with Crippen LogP contribution in [-0.2, 0) is 6.42 Å². The first-order chi connectivity index (χ1) is 11.3. The summed E-state index contributed by atoms with van der Waals surface area (Å²) in [6.07, 6.45) is 7.46. The van der Waals surface area contributed by atoms with E-state index in [0.29, 0.717) is 12.0 Å². The minimum Gasteiger partial charge on any atom is -0.367 e. The Morgan fingerprint density at radius 3 is 2.96 bits per heavy atom. The van der Waals surface area contributed by atoms with Gasteiger partial charge in [0.05, 0.1) is 0 Å². The highest BCUT2D eigenvalue weighted by atomic mass is 15.2. The second kappa shape index (κ2) is 6.32. The van der Waals surface area contributed by atoms with E-state index in [4.69, 9.17) is 0 Å². The van der Waals surface area contributed by atoms with E-state index < -0.39 is 0 Å². The third-order valence-electron chi connectivity index (χ3n) is 5.37. The van der Waals surface area contributed by atoms with Crippen LogP contribution in [0.4, 0.5) is 5.69 Å². The predicted molar refractivity (Wildman–Crippen MR) is 95.1 cm³/mol. The molecule has 3 heterocycles. The van der Waals surface area contributed by atoms with Gasteiger partial charge in [-0.05, 0) is 62.1 Å². The Kier molecular flexibility index (Phi) is 4.04. The second-order valence-corrected chi connectivity index (χ2v) is 6.88. The van der Waals surface area contributed by atoms with Crippen LogP contribution in [0.3, 0.4) is 0 Å². The third kappa shape index (κ3) is 2.86. The first-order valence-electron chi connectivity index (χ1n) is 8.80. The minimum atomic E-state index is 0.643. The molecule has 1 aromatic carbocycles. The number of nitrogens with zero attached hydrogens (tertiary/aromatic N) is 2. The predicted octanol–water partition coefficient (Wildman–Crippen LogP) is 3.29. The molecular formula is C20H25N3. The molecule has 0 spiro atoms. The summed E-state index contributed by atoms with van der Waals surface area (Å²) in [6.45, 7) is 5.58. The second-order valence-electron chi connectivity index (χ2n) is 6.88. The smallest absolute Gasteiger partial charge is 0.0405 e. The van der Waals surface area contributed by atoms with Crippen LogP contribution in [0.1, 0.15) is 35.4 Å². The fraction of sp³-hybridized carbons (Fsp3) is 0.450. The standard InChI is InChI=1S/C20H25N3/c1-15-4-5-20-17(13-15)18-14-22-9-2-3-19(18)23(20)12-8-16-6-10-21-11-7-16/h4-7,10-11,13,18-19,22H,2-3,8-9,12,14H2,1H3. The molecule has 2 aromatic rings. The Morgan fingerprint density at radius 2 is 2.09 bits per heavy atom. The van der Waals surface area contributed by atoms with Gasteiger partial charge in [-0.1, -0.05) is 17.7 Å². The number of hydrogen-bond acceptors (Lipinski definition) is 3. The van der Waals surface area contributed by atoms with E-state index in [0.717, 1.165) is 26.1 Å². The number of hydrogen-bond donors (Lipinski definition) is 1. The zero-order valence-corrected chi connectivity index (χ0v) is 13.8. The highest BCUT2D eigenvalue weighted by Crippen LogP contribution is 2.43. The molecule has 2 aliphatic heterocycles. The fourth-order valence-corrected chi connectivity index (χ4v) is 4.22. The van der Waals surface area contributed by atoms with E-state index in [9.17, 15) is 0 Å². The summed E-state index contributed by atoms with van der Waals surface area (Å²) in [6, 6.07) is 11.9. The number of fused-ring (bicyclic) bond motifs is 3. The summed E-state index contributed by atoms with van der Waals surface area (Å²) in [4.78, 5) is 6.80. The Morgan fingerprint density at radius 1 is 1.22 bits per heavy atom. The molecule has 120 valence electrons. The van der Waals surface area contributed by atoms with Crippen LogP contribution in [0.2, 0.25) is 0 Å². The van der Waals surface area contributed by atoms with Crippen molar-refractivity contribution >= 4 is 5.69 Å². The molecule has 1 fully saturated rings. The van der Waals surface area contributed by atoms with Gasteiger partial charge in [0.15, 0.2) is 0 Å². The highest BCUT2D eigenvalue weighted by Gasteiger charge is 2.38. The SMILES string of the molecule is Cc1ccc2c(c1)C1CNCCCC1N2CCc1ccncc1. The van der Waals surface area contributed by atoms with Gasteiger partial charge in [-0.3, -0.25) is 4.98 Å². The molecule has 0 aliphatic carbocycles. The number of pyridine rings is 1. The first-order valence-corrected chi connectivity index (χ1v) is 8.80. The van der Waals surface area contributed by atoms with Crippen LogP contribution in [0.25, 0.3) is 0 Å². The molecular weight excluding hydrogens is 282 g/mol. The van der Waals surface area contributed by atoms with Crippen molar-refractivity contribution in [2.75, 3.05) is 24.5 Å². The van der Waals surface area contributed by atoms with Crippen molar-refractivity contribution in [3.05, 3.63) is 59.4 Å². The average Bonchev–Trinajstić information content (AvgIpc) is 2.73. The lowest BCUT2D eigenvalue weighted by atomic mass is 9.92. The molecule has 23 heavy (non-hydrogen) atoms. The maximum atomic E-state index is 4.13. The lowest BCUT2D eigenvalue weighted by molar-refractivity contribution is 0.512. The Bertz CT molecular complexity index is 668. The molecule has 4 rings (SSSR count). The maximum absolute atomic E-state index is 4.13. The first kappa shape index (κ1) is 14.7. The Hall–Kier alpha value is -1.87. The molecule has 2 unspecified atom stereocenters. The van der Waals surface area contributed by atoms with Gasteiger partial charge in [0, 0.05) is 43.1 Å². The van der Waals surface area contributed by atoms with E-state index >= 15 is 0 Å². The van der Waals surface area contributed by atoms with Crippen LogP contribution in [-0.4, -0.2) is 30.7 Å². The molecule has 2 aliphatic rings. The number of benzene rings is 1. The monoisotopic (exact) mass is 307 g/mol. The maximum Gasteiger partial charge on any atom is 0.0405 e. The molecule has 1 N–H and O–H groups in total. The Balaban J connectivity index is 1.62. The van der Waals surface area contributed by atoms with Gasteiger partial charge in [0.25, 0.3) is 0 Å². The van der Waals surface area contributed by atoms with Gasteiger partial charge in [-0.15, -0.1) is 0 Å². The van der Waals surface area contributed by atoms with Crippen LogP contribution >= 0.6 is 0 Å². The van der Waals surface area contributed by atoms with Crippen molar-refractivity contribution in [2.45, 2.75) is 38.1 Å². The molecule has 1 saturated heterocycles. The zero-order chi connectivity index (χ0) is 15.6. The Labute approximate surface area is 138 Å². The largest absolute Gasteiger partial charge is 0.367 e. The van der Waals surface area contributed by atoms with E-state index in [2.05, 4.69) is 52.5 Å². The topological polar surface area (TPSA) is 28.2 Å². The molecule has 0 saturated carbocycles. The van der Waals surface area contributed by atoms with E-state index in [1.165, 1.54) is 29.7 Å². The molecule has 0 radical (unpaired) electrons. The molecule has 3 heteroatoms. The van der Waals surface area contributed by atoms with Gasteiger partial charge in [-0.25, -0.2) is 0 Å². The van der Waals surface area contributed by atoms with Crippen molar-refractivity contribution in [3.63, 3.8) is 0 Å². The minimum absolute atomic E-state index is 0.643. The van der Waals surface area contributed by atoms with Crippen LogP contribution < -0.4 is 10.2 Å². The van der Waals surface area contributed by atoms with Gasteiger partial charge in [-0.2, -0.15) is 0 Å². The zero-order valence-electron chi connectivity index (χ0n) is 13.8. The van der Waals surface area contributed by atoms with Crippen molar-refractivity contribution < 1.29 is 0 Å². The average molecular weight is 307 g/mol. The van der Waals surface area contributed by atoms with Crippen molar-refractivity contribution in [2.24, 2.45) is 0 Å². The molecule has 3 nitrogen and oxygen atoms in total. The van der Waals surface area contributed by atoms with Crippen LogP contribution in [0, 0.1) is 6.92 Å². The molecule has 1 aromatic heterocycles. The van der Waals surface area contributed by atoms with E-state index in [1.807, 2.05) is 12.4 Å². The van der Waals surface area contributed by atoms with Crippen LogP contribution in [0.15, 0.2) is 42.7 Å². The summed E-state index contributed by atoms with van der Waals surface area (Å²) < 4.78 is 0. The van der Waals surface area contributed by atoms with Gasteiger partial charge in [0.1, 0.15) is 0 Å². The number of aryl methyl sites for hydroxylation is 1. The normalized spacial score (nSPS) is 23.3. The molecule has 2 atom stereocenters. The van der Waals surface area contributed by atoms with E-state index in [1.54, 1.807) is 5.56 Å². The van der Waals surface area contributed by atoms with Gasteiger partial charge < -0.3 is 10.2 Å². The molecule has 0 bridgehead atoms. The quantitative estimate of drug-likeness (QED) is 0.943. The highest BCUT2D eigenvalue weighted by molar-refractivity contribution is 5.63. The van der Waals surface area contributed by atoms with Crippen molar-refractivity contribution in [1.29, 1.82) is 0 Å². The number of rotatable bonds is 3. The van der Waals surface area contributed by atoms with Crippen molar-refractivity contribution in [3.8, 4) is 0 Å². The van der Waals surface area contributed by atoms with Crippen LogP contribution in [0.5, 0.6) is 0 Å². The number of anilines is 1. The van der Waals surface area contributed by atoms with Crippen molar-refractivity contribution in [1.82, 2.24) is 10.3 Å². The van der Waals surface area contributed by atoms with Gasteiger partial charge in [0.2, 0.25) is 0 Å². The summed E-state index contributed by atoms with van der Waals surface area (Å²) in [7, 11) is 0. The summed E-state index contributed by atoms with van der Waals surface area (Å²) >= 11 is 0. The summed E-state index contributed by atoms with van der Waals surface area (Å²) in [5, 5.41) is 3.64. The fourth-order valence-electron chi connectivity index (χ4n) is 4.22. The lowest BCUT2D eigenvalue weighted by Crippen LogP contribution is -2.36. The number of nitrogens with one attached hydrogen (secondary N) is 1. The lowest BCUT2D eigenvalue weighted by Gasteiger charge is -2.29. The summed E-state index contributed by atoms with van der Waals surface area (Å²) in [5.41, 5.74) is 5.77. The van der Waals surface area contributed by atoms with E-state index in [-0.39, 0.29) is 0 Å². The van der Waals surface area contributed by atoms with Gasteiger partial charge >= 0.3 is 0 Å².